The number of carbonyl (C=O) groups excluding carboxylic acids is 3. The minimum absolute atomic E-state index is 0.0175. The number of aliphatic carboxylic acids is 1. The summed E-state index contributed by atoms with van der Waals surface area (Å²) in [6.07, 6.45) is 1.01. The van der Waals surface area contributed by atoms with Crippen LogP contribution >= 0.6 is 7.26 Å². The monoisotopic (exact) mass is 562 g/mol. The molecule has 0 aromatic heterocycles. The molecule has 0 unspecified atom stereocenters. The molecule has 0 bridgehead atoms. The van der Waals surface area contributed by atoms with Gasteiger partial charge in [0.25, 0.3) is 5.91 Å². The maximum Gasteiger partial charge on any atom is 0.323 e. The van der Waals surface area contributed by atoms with Gasteiger partial charge in [0.05, 0.1) is 0 Å². The highest BCUT2D eigenvalue weighted by molar-refractivity contribution is 7.96. The molecule has 0 saturated carbocycles. The SMILES string of the molecule is CCC(=O)NCCC(=O)N(CCCNC(=O)C[P+](c1ccccc1)(c1ccccc1)c1ccccc1)CC(=O)O. The molecule has 0 aliphatic carbocycles. The summed E-state index contributed by atoms with van der Waals surface area (Å²) in [4.78, 5) is 50.0. The van der Waals surface area contributed by atoms with Crippen LogP contribution in [0.4, 0.5) is 0 Å². The Morgan fingerprint density at radius 2 is 1.20 bits per heavy atom. The lowest BCUT2D eigenvalue weighted by Gasteiger charge is -2.27. The van der Waals surface area contributed by atoms with Gasteiger partial charge in [-0.05, 0) is 42.8 Å². The Hall–Kier alpha value is -4.03. The highest BCUT2D eigenvalue weighted by Crippen LogP contribution is 2.54. The van der Waals surface area contributed by atoms with Gasteiger partial charge in [0.2, 0.25) is 11.8 Å². The molecule has 0 aliphatic heterocycles. The number of benzene rings is 3. The minimum atomic E-state index is -2.32. The van der Waals surface area contributed by atoms with E-state index in [-0.39, 0.29) is 43.4 Å². The molecule has 0 saturated heterocycles. The summed E-state index contributed by atoms with van der Waals surface area (Å²) < 4.78 is 0. The topological polar surface area (TPSA) is 116 Å². The molecule has 3 N–H and O–H groups in total. The molecule has 210 valence electrons. The zero-order valence-corrected chi connectivity index (χ0v) is 23.7. The second kappa shape index (κ2) is 15.5. The molecule has 3 aromatic carbocycles. The van der Waals surface area contributed by atoms with E-state index in [4.69, 9.17) is 0 Å². The summed E-state index contributed by atoms with van der Waals surface area (Å²) in [7, 11) is -2.32. The van der Waals surface area contributed by atoms with E-state index in [0.29, 0.717) is 19.4 Å². The third-order valence-corrected chi connectivity index (χ3v) is 10.9. The first-order valence-corrected chi connectivity index (χ1v) is 15.4. The first kappa shape index (κ1) is 30.5. The Morgan fingerprint density at radius 1 is 0.725 bits per heavy atom. The van der Waals surface area contributed by atoms with Gasteiger partial charge < -0.3 is 20.6 Å². The molecule has 0 radical (unpaired) electrons. The number of amides is 3. The number of nitrogens with zero attached hydrogens (tertiary/aromatic N) is 1. The van der Waals surface area contributed by atoms with Crippen molar-refractivity contribution < 1.29 is 24.3 Å². The summed E-state index contributed by atoms with van der Waals surface area (Å²) in [6.45, 7) is 1.92. The van der Waals surface area contributed by atoms with Crippen molar-refractivity contribution in [3.63, 3.8) is 0 Å². The van der Waals surface area contributed by atoms with Crippen molar-refractivity contribution in [1.82, 2.24) is 15.5 Å². The highest BCUT2D eigenvalue weighted by Gasteiger charge is 2.47. The summed E-state index contributed by atoms with van der Waals surface area (Å²) in [6, 6.07) is 30.4. The van der Waals surface area contributed by atoms with Crippen molar-refractivity contribution in [3.8, 4) is 0 Å². The standard InChI is InChI=1S/C31H36N3O5P/c1-2-28(35)33-21-19-30(37)34(23-31(38)39)22-12-20-32-29(36)24-40(25-13-6-3-7-14-25,26-15-8-4-9-16-26)27-17-10-5-11-18-27/h3-11,13-18H,2,12,19-24H2,1H3,(H2-,32,33,35,36,38,39)/p+1. The predicted molar refractivity (Wildman–Crippen MR) is 160 cm³/mol. The molecule has 3 aromatic rings. The van der Waals surface area contributed by atoms with Crippen LogP contribution in [0.3, 0.4) is 0 Å². The van der Waals surface area contributed by atoms with Crippen molar-refractivity contribution >= 4 is 46.9 Å². The van der Waals surface area contributed by atoms with Crippen LogP contribution in [-0.2, 0) is 19.2 Å². The van der Waals surface area contributed by atoms with Gasteiger partial charge in [-0.3, -0.25) is 19.2 Å². The summed E-state index contributed by atoms with van der Waals surface area (Å²) >= 11 is 0. The van der Waals surface area contributed by atoms with Gasteiger partial charge in [0.1, 0.15) is 29.7 Å². The third-order valence-electron chi connectivity index (χ3n) is 6.56. The number of hydrogen-bond acceptors (Lipinski definition) is 4. The molecule has 0 spiro atoms. The van der Waals surface area contributed by atoms with Crippen molar-refractivity contribution in [2.75, 3.05) is 32.3 Å². The molecule has 9 heteroatoms. The first-order valence-electron chi connectivity index (χ1n) is 13.4. The molecule has 0 fully saturated rings. The van der Waals surface area contributed by atoms with Gasteiger partial charge in [0.15, 0.2) is 6.16 Å². The van der Waals surface area contributed by atoms with Crippen LogP contribution in [0.5, 0.6) is 0 Å². The maximum atomic E-state index is 13.5. The van der Waals surface area contributed by atoms with Crippen molar-refractivity contribution in [2.45, 2.75) is 26.2 Å². The average Bonchev–Trinajstić information content (AvgIpc) is 2.98. The zero-order chi connectivity index (χ0) is 28.8. The first-order chi connectivity index (χ1) is 19.4. The molecular weight excluding hydrogens is 525 g/mol. The lowest BCUT2D eigenvalue weighted by atomic mass is 10.3. The van der Waals surface area contributed by atoms with E-state index in [9.17, 15) is 24.3 Å². The van der Waals surface area contributed by atoms with Crippen LogP contribution < -0.4 is 26.5 Å². The van der Waals surface area contributed by atoms with Crippen molar-refractivity contribution in [1.29, 1.82) is 0 Å². The zero-order valence-electron chi connectivity index (χ0n) is 22.8. The van der Waals surface area contributed by atoms with E-state index < -0.39 is 19.8 Å². The van der Waals surface area contributed by atoms with Crippen molar-refractivity contribution in [3.05, 3.63) is 91.0 Å². The van der Waals surface area contributed by atoms with E-state index in [2.05, 4.69) is 47.0 Å². The number of hydrogen-bond donors (Lipinski definition) is 3. The average molecular weight is 563 g/mol. The van der Waals surface area contributed by atoms with E-state index in [1.165, 1.54) is 4.90 Å². The van der Waals surface area contributed by atoms with Crippen LogP contribution in [0.15, 0.2) is 91.0 Å². The second-order valence-electron chi connectivity index (χ2n) is 9.34. The largest absolute Gasteiger partial charge is 0.480 e. The van der Waals surface area contributed by atoms with Gasteiger partial charge >= 0.3 is 5.97 Å². The Labute approximate surface area is 236 Å². The smallest absolute Gasteiger partial charge is 0.323 e. The van der Waals surface area contributed by atoms with Crippen LogP contribution in [0.2, 0.25) is 0 Å². The molecule has 0 aliphatic rings. The molecule has 8 nitrogen and oxygen atoms in total. The summed E-state index contributed by atoms with van der Waals surface area (Å²) in [5, 5.41) is 18.2. The van der Waals surface area contributed by atoms with Gasteiger partial charge in [-0.2, -0.15) is 0 Å². The molecule has 3 amide bonds. The van der Waals surface area contributed by atoms with Crippen LogP contribution in [0.25, 0.3) is 0 Å². The Balaban J connectivity index is 1.71. The van der Waals surface area contributed by atoms with E-state index in [1.807, 2.05) is 54.6 Å². The number of carboxylic acids is 1. The van der Waals surface area contributed by atoms with Crippen molar-refractivity contribution in [2.24, 2.45) is 0 Å². The van der Waals surface area contributed by atoms with E-state index in [0.717, 1.165) is 15.9 Å². The summed E-state index contributed by atoms with van der Waals surface area (Å²) in [5.41, 5.74) is 0. The minimum Gasteiger partial charge on any atom is -0.480 e. The maximum absolute atomic E-state index is 13.5. The van der Waals surface area contributed by atoms with Crippen LogP contribution in [0, 0.1) is 0 Å². The van der Waals surface area contributed by atoms with Gasteiger partial charge in [-0.1, -0.05) is 61.5 Å². The predicted octanol–water partition coefficient (Wildman–Crippen LogP) is 2.32. The molecule has 3 rings (SSSR count). The molecular formula is C31H37N3O5P+. The fourth-order valence-corrected chi connectivity index (χ4v) is 8.61. The molecule has 40 heavy (non-hydrogen) atoms. The Kier molecular flexibility index (Phi) is 11.8. The van der Waals surface area contributed by atoms with E-state index in [1.54, 1.807) is 6.92 Å². The Morgan fingerprint density at radius 3 is 1.65 bits per heavy atom. The summed E-state index contributed by atoms with van der Waals surface area (Å²) in [5.74, 6) is -1.74. The number of nitrogens with one attached hydrogen (secondary N) is 2. The number of rotatable bonds is 15. The number of carboxylic acid groups (broad SMARTS) is 1. The van der Waals surface area contributed by atoms with E-state index >= 15 is 0 Å². The quantitative estimate of drug-likeness (QED) is 0.194. The normalized spacial score (nSPS) is 10.9. The van der Waals surface area contributed by atoms with Gasteiger partial charge in [-0.25, -0.2) is 0 Å². The van der Waals surface area contributed by atoms with Crippen LogP contribution in [-0.4, -0.2) is 66.0 Å². The number of carbonyl (C=O) groups is 4. The lowest BCUT2D eigenvalue weighted by Crippen LogP contribution is -2.41. The fraction of sp³-hybridized carbons (Fsp3) is 0.290. The fourth-order valence-electron chi connectivity index (χ4n) is 4.58. The third kappa shape index (κ3) is 8.48. The lowest BCUT2D eigenvalue weighted by molar-refractivity contribution is -0.144. The second-order valence-corrected chi connectivity index (χ2v) is 12.8. The van der Waals surface area contributed by atoms with Gasteiger partial charge in [-0.15, -0.1) is 0 Å². The highest BCUT2D eigenvalue weighted by atomic mass is 31.2. The Bertz CT molecular complexity index is 1160. The molecule has 0 atom stereocenters. The van der Waals surface area contributed by atoms with Gasteiger partial charge in [0, 0.05) is 32.5 Å². The molecule has 0 heterocycles. The van der Waals surface area contributed by atoms with Crippen LogP contribution in [0.1, 0.15) is 26.2 Å².